The molecule has 152 valence electrons. The fraction of sp³-hybridized carbons (Fsp3) is 0.190. The van der Waals surface area contributed by atoms with E-state index in [4.69, 9.17) is 4.74 Å². The third-order valence-corrected chi connectivity index (χ3v) is 5.63. The molecule has 9 heteroatoms. The molecule has 1 aromatic carbocycles. The Hall–Kier alpha value is -3.59. The summed E-state index contributed by atoms with van der Waals surface area (Å²) < 4.78 is 7.10. The molecule has 0 aliphatic rings. The third-order valence-electron chi connectivity index (χ3n) is 4.61. The SMILES string of the molecule is COC(=O)Cc1[nH]n(-c2nc3ccccc3s2)c(=O)c1C(C)=Nc1ncccc1C. The molecular formula is C21H19N5O3S. The quantitative estimate of drug-likeness (QED) is 0.393. The Morgan fingerprint density at radius 1 is 1.27 bits per heavy atom. The first-order chi connectivity index (χ1) is 14.5. The van der Waals surface area contributed by atoms with Gasteiger partial charge in [-0.3, -0.25) is 14.7 Å². The number of aryl methyl sites for hydroxylation is 1. The highest BCUT2D eigenvalue weighted by Gasteiger charge is 2.22. The first-order valence-electron chi connectivity index (χ1n) is 9.22. The van der Waals surface area contributed by atoms with Gasteiger partial charge in [-0.1, -0.05) is 29.5 Å². The predicted molar refractivity (Wildman–Crippen MR) is 116 cm³/mol. The molecule has 0 unspecified atom stereocenters. The number of thiazole rings is 1. The Kier molecular flexibility index (Phi) is 5.28. The highest BCUT2D eigenvalue weighted by molar-refractivity contribution is 7.20. The van der Waals surface area contributed by atoms with Gasteiger partial charge in [0.2, 0.25) is 5.13 Å². The molecular weight excluding hydrogens is 402 g/mol. The van der Waals surface area contributed by atoms with E-state index in [-0.39, 0.29) is 12.0 Å². The number of benzene rings is 1. The van der Waals surface area contributed by atoms with Crippen molar-refractivity contribution in [1.29, 1.82) is 0 Å². The van der Waals surface area contributed by atoms with E-state index in [9.17, 15) is 9.59 Å². The van der Waals surface area contributed by atoms with Crippen molar-refractivity contribution in [3.05, 3.63) is 69.8 Å². The Balaban J connectivity index is 1.87. The largest absolute Gasteiger partial charge is 0.469 e. The average Bonchev–Trinajstić information content (AvgIpc) is 3.30. The molecule has 3 heterocycles. The molecule has 0 saturated heterocycles. The second kappa shape index (κ2) is 8.03. The molecule has 1 N–H and O–H groups in total. The molecule has 0 saturated carbocycles. The van der Waals surface area contributed by atoms with Crippen LogP contribution in [0.4, 0.5) is 5.82 Å². The number of fused-ring (bicyclic) bond motifs is 1. The smallest absolute Gasteiger partial charge is 0.311 e. The molecule has 0 aliphatic heterocycles. The zero-order chi connectivity index (χ0) is 21.3. The number of methoxy groups -OCH3 is 1. The van der Waals surface area contributed by atoms with Crippen molar-refractivity contribution in [3.8, 4) is 5.13 Å². The summed E-state index contributed by atoms with van der Waals surface area (Å²) in [5.74, 6) is 0.0573. The first kappa shape index (κ1) is 19.7. The van der Waals surface area contributed by atoms with Crippen LogP contribution in [0.15, 0.2) is 52.4 Å². The summed E-state index contributed by atoms with van der Waals surface area (Å²) >= 11 is 1.38. The number of ether oxygens (including phenoxy) is 1. The van der Waals surface area contributed by atoms with Crippen LogP contribution >= 0.6 is 11.3 Å². The lowest BCUT2D eigenvalue weighted by molar-refractivity contribution is -0.139. The van der Waals surface area contributed by atoms with Crippen LogP contribution < -0.4 is 5.56 Å². The molecule has 4 rings (SSSR count). The maximum atomic E-state index is 13.3. The molecule has 0 atom stereocenters. The van der Waals surface area contributed by atoms with E-state index in [1.807, 2.05) is 43.3 Å². The highest BCUT2D eigenvalue weighted by Crippen LogP contribution is 2.24. The molecule has 0 radical (unpaired) electrons. The number of hydrogen-bond acceptors (Lipinski definition) is 7. The van der Waals surface area contributed by atoms with Gasteiger partial charge in [0.25, 0.3) is 5.56 Å². The summed E-state index contributed by atoms with van der Waals surface area (Å²) in [5.41, 5.74) is 2.53. The van der Waals surface area contributed by atoms with Crippen LogP contribution in [0.2, 0.25) is 0 Å². The van der Waals surface area contributed by atoms with Crippen molar-refractivity contribution in [3.63, 3.8) is 0 Å². The number of aliphatic imine (C=N–C) groups is 1. The third kappa shape index (κ3) is 3.67. The number of carbonyl (C=O) groups is 1. The van der Waals surface area contributed by atoms with E-state index < -0.39 is 5.97 Å². The van der Waals surface area contributed by atoms with Gasteiger partial charge in [-0.15, -0.1) is 0 Å². The topological polar surface area (TPSA) is 102 Å². The molecule has 4 aromatic rings. The van der Waals surface area contributed by atoms with E-state index in [1.54, 1.807) is 13.1 Å². The molecule has 8 nitrogen and oxygen atoms in total. The van der Waals surface area contributed by atoms with E-state index in [0.717, 1.165) is 15.8 Å². The number of rotatable bonds is 5. The lowest BCUT2D eigenvalue weighted by Crippen LogP contribution is -2.20. The summed E-state index contributed by atoms with van der Waals surface area (Å²) in [6.07, 6.45) is 1.55. The number of carbonyl (C=O) groups excluding carboxylic acids is 1. The maximum absolute atomic E-state index is 13.3. The van der Waals surface area contributed by atoms with E-state index in [0.29, 0.717) is 27.9 Å². The van der Waals surface area contributed by atoms with E-state index in [1.165, 1.54) is 23.1 Å². The van der Waals surface area contributed by atoms with Crippen molar-refractivity contribution in [2.75, 3.05) is 7.11 Å². The number of hydrogen-bond donors (Lipinski definition) is 1. The standard InChI is InChI=1S/C21H19N5O3S/c1-12-7-6-10-22-19(12)23-13(2)18-15(11-17(27)29-3)25-26(20(18)28)21-24-14-8-4-5-9-16(14)30-21/h4-10,25H,11H2,1-3H3. The second-order valence-electron chi connectivity index (χ2n) is 6.66. The molecule has 0 bridgehead atoms. The van der Waals surface area contributed by atoms with Gasteiger partial charge in [-0.05, 0) is 37.6 Å². The van der Waals surface area contributed by atoms with Gasteiger partial charge in [-0.2, -0.15) is 4.68 Å². The first-order valence-corrected chi connectivity index (χ1v) is 10.0. The average molecular weight is 421 g/mol. The summed E-state index contributed by atoms with van der Waals surface area (Å²) in [7, 11) is 1.31. The van der Waals surface area contributed by atoms with E-state index >= 15 is 0 Å². The number of aromatic amines is 1. The Morgan fingerprint density at radius 3 is 2.80 bits per heavy atom. The lowest BCUT2D eigenvalue weighted by atomic mass is 10.1. The molecule has 0 spiro atoms. The lowest BCUT2D eigenvalue weighted by Gasteiger charge is -2.03. The van der Waals surface area contributed by atoms with Crippen LogP contribution in [-0.4, -0.2) is 38.5 Å². The van der Waals surface area contributed by atoms with Crippen LogP contribution in [0.25, 0.3) is 15.3 Å². The number of esters is 1. The van der Waals surface area contributed by atoms with Crippen LogP contribution in [0, 0.1) is 6.92 Å². The van der Waals surface area contributed by atoms with Gasteiger partial charge >= 0.3 is 5.97 Å². The Labute approximate surface area is 175 Å². The number of pyridine rings is 1. The van der Waals surface area contributed by atoms with Gasteiger partial charge in [0.15, 0.2) is 5.82 Å². The summed E-state index contributed by atoms with van der Waals surface area (Å²) in [6.45, 7) is 3.62. The number of nitrogens with zero attached hydrogens (tertiary/aromatic N) is 4. The summed E-state index contributed by atoms with van der Waals surface area (Å²) in [6, 6.07) is 11.4. The Morgan fingerprint density at radius 2 is 2.07 bits per heavy atom. The van der Waals surface area contributed by atoms with Crippen LogP contribution in [-0.2, 0) is 16.0 Å². The minimum Gasteiger partial charge on any atom is -0.469 e. The van der Waals surface area contributed by atoms with Gasteiger partial charge in [-0.25, -0.2) is 15.0 Å². The van der Waals surface area contributed by atoms with Gasteiger partial charge in [0.1, 0.15) is 0 Å². The molecule has 0 aliphatic carbocycles. The normalized spacial score (nSPS) is 11.8. The maximum Gasteiger partial charge on any atom is 0.311 e. The minimum absolute atomic E-state index is 0.0902. The van der Waals surface area contributed by atoms with Crippen LogP contribution in [0.5, 0.6) is 0 Å². The van der Waals surface area contributed by atoms with Gasteiger partial charge < -0.3 is 4.74 Å². The number of aromatic nitrogens is 4. The summed E-state index contributed by atoms with van der Waals surface area (Å²) in [5, 5.41) is 3.51. The van der Waals surface area contributed by atoms with Gasteiger partial charge in [0.05, 0.1) is 40.7 Å². The van der Waals surface area contributed by atoms with Crippen molar-refractivity contribution < 1.29 is 9.53 Å². The number of nitrogens with one attached hydrogen (secondary N) is 1. The number of H-pyrrole nitrogens is 1. The van der Waals surface area contributed by atoms with Crippen molar-refractivity contribution in [2.24, 2.45) is 4.99 Å². The van der Waals surface area contributed by atoms with Crippen LogP contribution in [0.1, 0.15) is 23.7 Å². The van der Waals surface area contributed by atoms with E-state index in [2.05, 4.69) is 20.1 Å². The fourth-order valence-corrected chi connectivity index (χ4v) is 4.02. The van der Waals surface area contributed by atoms with Crippen LogP contribution in [0.3, 0.4) is 0 Å². The highest BCUT2D eigenvalue weighted by atomic mass is 32.1. The zero-order valence-electron chi connectivity index (χ0n) is 16.7. The second-order valence-corrected chi connectivity index (χ2v) is 7.67. The monoisotopic (exact) mass is 421 g/mol. The van der Waals surface area contributed by atoms with Gasteiger partial charge in [0, 0.05) is 6.20 Å². The fourth-order valence-electron chi connectivity index (χ4n) is 3.10. The molecule has 30 heavy (non-hydrogen) atoms. The molecule has 0 amide bonds. The Bertz CT molecular complexity index is 1300. The van der Waals surface area contributed by atoms with Crippen molar-refractivity contribution in [2.45, 2.75) is 20.3 Å². The molecule has 3 aromatic heterocycles. The predicted octanol–water partition coefficient (Wildman–Crippen LogP) is 3.33. The minimum atomic E-state index is -0.462. The van der Waals surface area contributed by atoms with Crippen molar-refractivity contribution in [1.82, 2.24) is 19.7 Å². The van der Waals surface area contributed by atoms with Crippen molar-refractivity contribution >= 4 is 39.1 Å². The zero-order valence-corrected chi connectivity index (χ0v) is 17.5. The summed E-state index contributed by atoms with van der Waals surface area (Å²) in [4.78, 5) is 38.6. The molecule has 0 fully saturated rings. The number of para-hydroxylation sites is 1.